The van der Waals surface area contributed by atoms with Gasteiger partial charge in [0.05, 0.1) is 5.75 Å². The Kier molecular flexibility index (Phi) is 7.49. The summed E-state index contributed by atoms with van der Waals surface area (Å²) < 4.78 is 12.8. The second-order valence-corrected chi connectivity index (χ2v) is 6.93. The summed E-state index contributed by atoms with van der Waals surface area (Å²) in [5, 5.41) is 2.89. The number of halogens is 1. The maximum absolute atomic E-state index is 12.8. The summed E-state index contributed by atoms with van der Waals surface area (Å²) >= 11 is 3.33. The zero-order valence-corrected chi connectivity index (χ0v) is 14.7. The lowest BCUT2D eigenvalue weighted by molar-refractivity contribution is -0.118. The van der Waals surface area contributed by atoms with Gasteiger partial charge in [0.2, 0.25) is 5.91 Å². The number of hydrogen-bond donors (Lipinski definition) is 1. The molecule has 5 heteroatoms. The first-order valence-corrected chi connectivity index (χ1v) is 9.77. The van der Waals surface area contributed by atoms with Crippen LogP contribution in [0.3, 0.4) is 0 Å². The molecule has 0 aromatic heterocycles. The Morgan fingerprint density at radius 2 is 1.70 bits per heavy atom. The quantitative estimate of drug-likeness (QED) is 0.726. The van der Waals surface area contributed by atoms with Crippen molar-refractivity contribution in [3.05, 3.63) is 65.5 Å². The molecule has 122 valence electrons. The third-order valence-corrected chi connectivity index (χ3v) is 5.06. The van der Waals surface area contributed by atoms with E-state index in [0.29, 0.717) is 18.7 Å². The van der Waals surface area contributed by atoms with Crippen LogP contribution in [0.2, 0.25) is 0 Å². The number of thioether (sulfide) groups is 2. The number of carbonyl (C=O) groups excluding carboxylic acids is 1. The van der Waals surface area contributed by atoms with Gasteiger partial charge in [-0.15, -0.1) is 23.5 Å². The molecule has 2 aromatic carbocycles. The second kappa shape index (κ2) is 9.63. The molecule has 0 aliphatic rings. The van der Waals surface area contributed by atoms with Crippen molar-refractivity contribution in [2.45, 2.75) is 17.1 Å². The largest absolute Gasteiger partial charge is 0.355 e. The van der Waals surface area contributed by atoms with Crippen LogP contribution in [0.25, 0.3) is 0 Å². The van der Waals surface area contributed by atoms with Crippen LogP contribution in [0.4, 0.5) is 4.39 Å². The Morgan fingerprint density at radius 3 is 2.35 bits per heavy atom. The van der Waals surface area contributed by atoms with Crippen LogP contribution in [0.15, 0.2) is 53.4 Å². The fourth-order valence-electron chi connectivity index (χ4n) is 2.03. The molecular weight excluding hydrogens is 329 g/mol. The van der Waals surface area contributed by atoms with E-state index >= 15 is 0 Å². The predicted octanol–water partition coefficient (Wildman–Crippen LogP) is 4.14. The number of amides is 1. The van der Waals surface area contributed by atoms with Crippen LogP contribution in [0.1, 0.15) is 11.1 Å². The van der Waals surface area contributed by atoms with Crippen LogP contribution in [0, 0.1) is 5.82 Å². The van der Waals surface area contributed by atoms with Crippen molar-refractivity contribution in [1.82, 2.24) is 5.32 Å². The molecule has 2 nitrogen and oxygen atoms in total. The van der Waals surface area contributed by atoms with Crippen molar-refractivity contribution in [2.75, 3.05) is 18.6 Å². The van der Waals surface area contributed by atoms with Crippen LogP contribution >= 0.6 is 23.5 Å². The van der Waals surface area contributed by atoms with Crippen LogP contribution in [-0.2, 0) is 17.0 Å². The van der Waals surface area contributed by atoms with E-state index in [0.717, 1.165) is 11.3 Å². The molecule has 0 atom stereocenters. The van der Waals surface area contributed by atoms with Gasteiger partial charge in [-0.05, 0) is 48.1 Å². The van der Waals surface area contributed by atoms with E-state index in [2.05, 4.69) is 35.8 Å². The van der Waals surface area contributed by atoms with E-state index in [9.17, 15) is 9.18 Å². The lowest BCUT2D eigenvalue weighted by Gasteiger charge is -2.06. The smallest absolute Gasteiger partial charge is 0.230 e. The summed E-state index contributed by atoms with van der Waals surface area (Å²) in [5.74, 6) is 1.09. The van der Waals surface area contributed by atoms with Gasteiger partial charge in [-0.3, -0.25) is 4.79 Å². The van der Waals surface area contributed by atoms with Gasteiger partial charge in [-0.1, -0.05) is 24.3 Å². The van der Waals surface area contributed by atoms with Crippen molar-refractivity contribution < 1.29 is 9.18 Å². The number of carbonyl (C=O) groups is 1. The molecule has 23 heavy (non-hydrogen) atoms. The fourth-order valence-corrected chi connectivity index (χ4v) is 3.26. The normalized spacial score (nSPS) is 10.5. The number of nitrogens with one attached hydrogen (secondary N) is 1. The van der Waals surface area contributed by atoms with E-state index in [1.54, 1.807) is 35.7 Å². The highest BCUT2D eigenvalue weighted by Gasteiger charge is 2.02. The van der Waals surface area contributed by atoms with E-state index < -0.39 is 0 Å². The Balaban J connectivity index is 1.62. The lowest BCUT2D eigenvalue weighted by atomic mass is 10.1. The minimum Gasteiger partial charge on any atom is -0.355 e. The van der Waals surface area contributed by atoms with E-state index in [4.69, 9.17) is 0 Å². The Hall–Kier alpha value is -1.46. The third kappa shape index (κ3) is 6.67. The zero-order valence-electron chi connectivity index (χ0n) is 13.0. The first-order chi connectivity index (χ1) is 11.2. The minimum atomic E-state index is -0.236. The average molecular weight is 349 g/mol. The van der Waals surface area contributed by atoms with Crippen LogP contribution < -0.4 is 5.32 Å². The van der Waals surface area contributed by atoms with Crippen molar-refractivity contribution in [3.8, 4) is 0 Å². The number of hydrogen-bond acceptors (Lipinski definition) is 3. The summed E-state index contributed by atoms with van der Waals surface area (Å²) in [6.07, 6.45) is 2.77. The lowest BCUT2D eigenvalue weighted by Crippen LogP contribution is -2.27. The maximum Gasteiger partial charge on any atom is 0.230 e. The summed E-state index contributed by atoms with van der Waals surface area (Å²) in [5.41, 5.74) is 2.25. The molecule has 2 aromatic rings. The number of benzene rings is 2. The second-order valence-electron chi connectivity index (χ2n) is 5.07. The highest BCUT2D eigenvalue weighted by atomic mass is 32.2. The van der Waals surface area contributed by atoms with Crippen molar-refractivity contribution in [1.29, 1.82) is 0 Å². The highest BCUT2D eigenvalue weighted by Crippen LogP contribution is 2.18. The highest BCUT2D eigenvalue weighted by molar-refractivity contribution is 7.99. The Bertz CT molecular complexity index is 614. The predicted molar refractivity (Wildman–Crippen MR) is 97.5 cm³/mol. The topological polar surface area (TPSA) is 29.1 Å². The van der Waals surface area contributed by atoms with Gasteiger partial charge in [0.25, 0.3) is 0 Å². The third-order valence-electron chi connectivity index (χ3n) is 3.31. The van der Waals surface area contributed by atoms with Gasteiger partial charge < -0.3 is 5.32 Å². The van der Waals surface area contributed by atoms with Gasteiger partial charge >= 0.3 is 0 Å². The molecular formula is C18H20FNOS2. The molecule has 0 bridgehead atoms. The first kappa shape index (κ1) is 17.9. The summed E-state index contributed by atoms with van der Waals surface area (Å²) in [6, 6.07) is 14.8. The SMILES string of the molecule is CSc1ccc(CSCC(=O)NCCc2ccc(F)cc2)cc1. The summed E-state index contributed by atoms with van der Waals surface area (Å²) in [6.45, 7) is 0.577. The standard InChI is InChI=1S/C18H20FNOS2/c1-22-17-8-4-15(5-9-17)12-23-13-18(21)20-11-10-14-2-6-16(19)7-3-14/h2-9H,10-13H2,1H3,(H,20,21). The summed E-state index contributed by atoms with van der Waals surface area (Å²) in [4.78, 5) is 13.0. The average Bonchev–Trinajstić information content (AvgIpc) is 2.57. The number of rotatable bonds is 8. The molecule has 1 N–H and O–H groups in total. The fraction of sp³-hybridized carbons (Fsp3) is 0.278. The Labute approximate surface area is 145 Å². The molecule has 0 saturated heterocycles. The zero-order chi connectivity index (χ0) is 16.5. The van der Waals surface area contributed by atoms with E-state index in [1.165, 1.54) is 22.6 Å². The van der Waals surface area contributed by atoms with Gasteiger partial charge in [0, 0.05) is 17.2 Å². The van der Waals surface area contributed by atoms with Gasteiger partial charge in [0.15, 0.2) is 0 Å². The van der Waals surface area contributed by atoms with Crippen LogP contribution in [0.5, 0.6) is 0 Å². The van der Waals surface area contributed by atoms with Crippen LogP contribution in [-0.4, -0.2) is 24.5 Å². The van der Waals surface area contributed by atoms with E-state index in [1.807, 2.05) is 0 Å². The monoisotopic (exact) mass is 349 g/mol. The molecule has 0 fully saturated rings. The molecule has 2 rings (SSSR count). The molecule has 0 unspecified atom stereocenters. The van der Waals surface area contributed by atoms with E-state index in [-0.39, 0.29) is 11.7 Å². The molecule has 0 spiro atoms. The minimum absolute atomic E-state index is 0.0397. The molecule has 1 amide bonds. The first-order valence-electron chi connectivity index (χ1n) is 7.39. The van der Waals surface area contributed by atoms with Crippen molar-refractivity contribution >= 4 is 29.4 Å². The maximum atomic E-state index is 12.8. The molecule has 0 heterocycles. The summed E-state index contributed by atoms with van der Waals surface area (Å²) in [7, 11) is 0. The van der Waals surface area contributed by atoms with Crippen molar-refractivity contribution in [3.63, 3.8) is 0 Å². The van der Waals surface area contributed by atoms with Gasteiger partial charge in [-0.25, -0.2) is 4.39 Å². The van der Waals surface area contributed by atoms with Gasteiger partial charge in [0.1, 0.15) is 5.82 Å². The molecule has 0 aliphatic carbocycles. The molecule has 0 aliphatic heterocycles. The van der Waals surface area contributed by atoms with Crippen molar-refractivity contribution in [2.24, 2.45) is 0 Å². The molecule has 0 saturated carbocycles. The molecule has 0 radical (unpaired) electrons. The Morgan fingerprint density at radius 1 is 1.04 bits per heavy atom. The van der Waals surface area contributed by atoms with Gasteiger partial charge in [-0.2, -0.15) is 0 Å².